The summed E-state index contributed by atoms with van der Waals surface area (Å²) < 4.78 is 5.20. The summed E-state index contributed by atoms with van der Waals surface area (Å²) in [6, 6.07) is 11.1. The first-order valence-electron chi connectivity index (χ1n) is 13.0. The zero-order valence-electron chi connectivity index (χ0n) is 21.1. The molecule has 0 saturated carbocycles. The van der Waals surface area contributed by atoms with Crippen molar-refractivity contribution in [2.24, 2.45) is 5.92 Å². The van der Waals surface area contributed by atoms with Gasteiger partial charge in [0.15, 0.2) is 0 Å². The van der Waals surface area contributed by atoms with Crippen molar-refractivity contribution in [1.82, 2.24) is 20.1 Å². The number of benzene rings is 1. The van der Waals surface area contributed by atoms with E-state index < -0.39 is 0 Å². The van der Waals surface area contributed by atoms with Crippen molar-refractivity contribution >= 4 is 23.4 Å². The minimum atomic E-state index is -0.303. The Morgan fingerprint density at radius 2 is 1.72 bits per heavy atom. The molecule has 3 fully saturated rings. The Morgan fingerprint density at radius 3 is 2.39 bits per heavy atom. The predicted molar refractivity (Wildman–Crippen MR) is 139 cm³/mol. The lowest BCUT2D eigenvalue weighted by Gasteiger charge is -2.38. The van der Waals surface area contributed by atoms with Crippen molar-refractivity contribution in [3.63, 3.8) is 0 Å². The quantitative estimate of drug-likeness (QED) is 0.636. The second-order valence-electron chi connectivity index (χ2n) is 9.87. The number of aromatic nitrogens is 1. The summed E-state index contributed by atoms with van der Waals surface area (Å²) in [6.07, 6.45) is 4.61. The van der Waals surface area contributed by atoms with Crippen LogP contribution in [-0.4, -0.2) is 86.2 Å². The van der Waals surface area contributed by atoms with Crippen molar-refractivity contribution < 1.29 is 14.3 Å². The second kappa shape index (κ2) is 11.3. The molecule has 3 saturated heterocycles. The van der Waals surface area contributed by atoms with Crippen LogP contribution in [0.4, 0.5) is 16.3 Å². The van der Waals surface area contributed by atoms with Gasteiger partial charge in [0.1, 0.15) is 11.6 Å². The number of rotatable bonds is 7. The fraction of sp³-hybridized carbons (Fsp3) is 0.519. The summed E-state index contributed by atoms with van der Waals surface area (Å²) in [6.45, 7) is 8.14. The number of hydrogen-bond donors (Lipinski definition) is 1. The van der Waals surface area contributed by atoms with E-state index in [0.717, 1.165) is 68.0 Å². The van der Waals surface area contributed by atoms with E-state index in [4.69, 9.17) is 4.74 Å². The molecule has 1 aromatic heterocycles. The SMILES string of the molecule is COc1ccc(CN2C(=O)CCN(c3ccc(N4CCN(CC5CCNCC5)CC4)nc3)C2=O)cc1. The molecule has 0 atom stereocenters. The van der Waals surface area contributed by atoms with Gasteiger partial charge in [0, 0.05) is 45.7 Å². The van der Waals surface area contributed by atoms with Crippen molar-refractivity contribution in [2.45, 2.75) is 25.8 Å². The summed E-state index contributed by atoms with van der Waals surface area (Å²) in [4.78, 5) is 38.3. The molecule has 5 rings (SSSR count). The number of methoxy groups -OCH3 is 1. The highest BCUT2D eigenvalue weighted by Crippen LogP contribution is 2.25. The molecule has 0 aliphatic carbocycles. The first-order chi connectivity index (χ1) is 17.6. The van der Waals surface area contributed by atoms with Gasteiger partial charge in [-0.3, -0.25) is 19.5 Å². The molecular formula is C27H36N6O3. The molecule has 36 heavy (non-hydrogen) atoms. The third kappa shape index (κ3) is 5.63. The van der Waals surface area contributed by atoms with Gasteiger partial charge >= 0.3 is 6.03 Å². The van der Waals surface area contributed by atoms with E-state index >= 15 is 0 Å². The van der Waals surface area contributed by atoms with Crippen molar-refractivity contribution in [3.8, 4) is 5.75 Å². The highest BCUT2D eigenvalue weighted by Gasteiger charge is 2.33. The van der Waals surface area contributed by atoms with Gasteiger partial charge < -0.3 is 15.0 Å². The van der Waals surface area contributed by atoms with Gasteiger partial charge in [-0.25, -0.2) is 9.78 Å². The molecule has 1 N–H and O–H groups in total. The van der Waals surface area contributed by atoms with Crippen LogP contribution in [0.1, 0.15) is 24.8 Å². The number of nitrogens with one attached hydrogen (secondary N) is 1. The number of nitrogens with zero attached hydrogens (tertiary/aromatic N) is 5. The molecule has 4 heterocycles. The van der Waals surface area contributed by atoms with Gasteiger partial charge in [-0.05, 0) is 61.7 Å². The fourth-order valence-corrected chi connectivity index (χ4v) is 5.31. The van der Waals surface area contributed by atoms with Crippen LogP contribution in [-0.2, 0) is 11.3 Å². The minimum absolute atomic E-state index is 0.154. The van der Waals surface area contributed by atoms with Gasteiger partial charge in [0.2, 0.25) is 5.91 Å². The summed E-state index contributed by atoms with van der Waals surface area (Å²) in [7, 11) is 1.61. The molecule has 3 aliphatic heterocycles. The molecule has 0 spiro atoms. The molecule has 9 heteroatoms. The number of piperazine rings is 1. The van der Waals surface area contributed by atoms with Gasteiger partial charge in [-0.15, -0.1) is 0 Å². The van der Waals surface area contributed by atoms with Crippen LogP contribution in [0.15, 0.2) is 42.6 Å². The van der Waals surface area contributed by atoms with E-state index in [9.17, 15) is 9.59 Å². The summed E-state index contributed by atoms with van der Waals surface area (Å²) in [5.41, 5.74) is 1.60. The number of urea groups is 1. The van der Waals surface area contributed by atoms with Crippen LogP contribution in [0.25, 0.3) is 0 Å². The van der Waals surface area contributed by atoms with Crippen LogP contribution in [0.5, 0.6) is 5.75 Å². The van der Waals surface area contributed by atoms with E-state index in [1.807, 2.05) is 36.4 Å². The van der Waals surface area contributed by atoms with E-state index in [2.05, 4.69) is 20.1 Å². The van der Waals surface area contributed by atoms with Crippen LogP contribution in [0.3, 0.4) is 0 Å². The maximum absolute atomic E-state index is 13.2. The Kier molecular flexibility index (Phi) is 7.67. The number of amides is 3. The number of pyridine rings is 1. The van der Waals surface area contributed by atoms with E-state index in [1.54, 1.807) is 18.2 Å². The van der Waals surface area contributed by atoms with E-state index in [-0.39, 0.29) is 18.5 Å². The zero-order chi connectivity index (χ0) is 24.9. The number of ether oxygens (including phenoxy) is 1. The van der Waals surface area contributed by atoms with E-state index in [1.165, 1.54) is 24.3 Å². The number of carbonyl (C=O) groups is 2. The fourth-order valence-electron chi connectivity index (χ4n) is 5.31. The third-order valence-corrected chi connectivity index (χ3v) is 7.53. The average molecular weight is 493 g/mol. The Morgan fingerprint density at radius 1 is 0.972 bits per heavy atom. The summed E-state index contributed by atoms with van der Waals surface area (Å²) in [5, 5.41) is 3.45. The molecule has 3 amide bonds. The highest BCUT2D eigenvalue weighted by molar-refractivity contribution is 6.05. The average Bonchev–Trinajstić information content (AvgIpc) is 2.93. The minimum Gasteiger partial charge on any atom is -0.497 e. The summed E-state index contributed by atoms with van der Waals surface area (Å²) in [5.74, 6) is 2.34. The Balaban J connectivity index is 1.17. The third-order valence-electron chi connectivity index (χ3n) is 7.53. The van der Waals surface area contributed by atoms with Crippen LogP contribution in [0, 0.1) is 5.92 Å². The Bertz CT molecular complexity index is 1030. The van der Waals surface area contributed by atoms with Gasteiger partial charge in [-0.2, -0.15) is 0 Å². The van der Waals surface area contributed by atoms with Crippen molar-refractivity contribution in [2.75, 3.05) is 69.3 Å². The molecular weight excluding hydrogens is 456 g/mol. The molecule has 192 valence electrons. The molecule has 1 aromatic carbocycles. The van der Waals surface area contributed by atoms with Gasteiger partial charge in [0.05, 0.1) is 25.5 Å². The van der Waals surface area contributed by atoms with E-state index in [0.29, 0.717) is 13.0 Å². The standard InChI is InChI=1S/C27H36N6O3/c1-36-24-5-2-21(3-6-24)20-33-26(34)10-13-32(27(33)35)23-4-7-25(29-18-23)31-16-14-30(15-17-31)19-22-8-11-28-12-9-22/h2-7,18,22,28H,8-17,19-20H2,1H3. The maximum atomic E-state index is 13.2. The highest BCUT2D eigenvalue weighted by atomic mass is 16.5. The lowest BCUT2D eigenvalue weighted by molar-refractivity contribution is -0.129. The topological polar surface area (TPSA) is 81.2 Å². The lowest BCUT2D eigenvalue weighted by Crippen LogP contribution is -2.52. The molecule has 3 aliphatic rings. The summed E-state index contributed by atoms with van der Waals surface area (Å²) >= 11 is 0. The normalized spacial score (nSPS) is 20.2. The first-order valence-corrected chi connectivity index (χ1v) is 13.0. The van der Waals surface area contributed by atoms with Crippen molar-refractivity contribution in [3.05, 3.63) is 48.2 Å². The zero-order valence-corrected chi connectivity index (χ0v) is 21.1. The largest absolute Gasteiger partial charge is 0.497 e. The Labute approximate surface area is 213 Å². The Hall–Kier alpha value is -3.17. The molecule has 0 radical (unpaired) electrons. The van der Waals surface area contributed by atoms with Crippen LogP contribution >= 0.6 is 0 Å². The van der Waals surface area contributed by atoms with Gasteiger partial charge in [-0.1, -0.05) is 12.1 Å². The number of carbonyl (C=O) groups excluding carboxylic acids is 2. The smallest absolute Gasteiger partial charge is 0.331 e. The first kappa shape index (κ1) is 24.5. The molecule has 2 aromatic rings. The molecule has 0 bridgehead atoms. The monoisotopic (exact) mass is 492 g/mol. The van der Waals surface area contributed by atoms with Crippen LogP contribution < -0.4 is 19.9 Å². The second-order valence-corrected chi connectivity index (χ2v) is 9.87. The molecule has 0 unspecified atom stereocenters. The van der Waals surface area contributed by atoms with Crippen molar-refractivity contribution in [1.29, 1.82) is 0 Å². The maximum Gasteiger partial charge on any atom is 0.331 e. The number of imide groups is 1. The lowest BCUT2D eigenvalue weighted by atomic mass is 9.97. The molecule has 9 nitrogen and oxygen atoms in total. The predicted octanol–water partition coefficient (Wildman–Crippen LogP) is 2.57. The number of anilines is 2. The number of piperidine rings is 1. The number of hydrogen-bond acceptors (Lipinski definition) is 7. The van der Waals surface area contributed by atoms with Gasteiger partial charge in [0.25, 0.3) is 0 Å². The van der Waals surface area contributed by atoms with Crippen LogP contribution in [0.2, 0.25) is 0 Å².